The topological polar surface area (TPSA) is 66.0 Å². The van der Waals surface area contributed by atoms with Gasteiger partial charge in [0, 0.05) is 11.6 Å². The number of ether oxygens (including phenoxy) is 4. The number of carbonyl (C=O) groups excluding carboxylic acids is 1. The number of methoxy groups -OCH3 is 3. The number of amides is 1. The van der Waals surface area contributed by atoms with Gasteiger partial charge in [-0.1, -0.05) is 11.6 Å². The van der Waals surface area contributed by atoms with Gasteiger partial charge in [-0.25, -0.2) is 0 Å². The van der Waals surface area contributed by atoms with Crippen molar-refractivity contribution in [2.24, 2.45) is 0 Å². The van der Waals surface area contributed by atoms with Crippen LogP contribution in [0.1, 0.15) is 31.0 Å². The van der Waals surface area contributed by atoms with E-state index in [9.17, 15) is 4.79 Å². The summed E-state index contributed by atoms with van der Waals surface area (Å²) in [6.45, 7) is 4.21. The van der Waals surface area contributed by atoms with E-state index >= 15 is 0 Å². The molecule has 0 spiro atoms. The molecule has 1 N–H and O–H groups in total. The summed E-state index contributed by atoms with van der Waals surface area (Å²) in [6.07, 6.45) is 3.10. The number of benzene rings is 2. The third-order valence-corrected chi connectivity index (χ3v) is 4.51. The first-order chi connectivity index (χ1) is 13.9. The smallest absolute Gasteiger partial charge is 0.244 e. The number of hydrogen-bond acceptors (Lipinski definition) is 5. The van der Waals surface area contributed by atoms with Crippen LogP contribution in [0.25, 0.3) is 6.08 Å². The first kappa shape index (κ1) is 22.4. The van der Waals surface area contributed by atoms with Gasteiger partial charge in [0.15, 0.2) is 11.5 Å². The molecule has 0 aliphatic rings. The van der Waals surface area contributed by atoms with E-state index in [1.165, 1.54) is 13.2 Å². The van der Waals surface area contributed by atoms with Crippen LogP contribution in [0.15, 0.2) is 36.4 Å². The molecule has 0 saturated carbocycles. The highest BCUT2D eigenvalue weighted by Gasteiger charge is 2.15. The zero-order chi connectivity index (χ0) is 21.4. The Morgan fingerprint density at radius 1 is 1.10 bits per heavy atom. The Balaban J connectivity index is 2.15. The molecule has 0 aliphatic carbocycles. The lowest BCUT2D eigenvalue weighted by atomic mass is 10.1. The molecule has 2 aromatic rings. The SMILES string of the molecule is CCOc1c(Cl)cc(/C=C/C(=O)N[C@H](C)c2cc(OC)ccc2OC)cc1OC. The van der Waals surface area contributed by atoms with Crippen LogP contribution in [0.2, 0.25) is 5.02 Å². The normalized spacial score (nSPS) is 11.8. The van der Waals surface area contributed by atoms with Gasteiger partial charge in [0.1, 0.15) is 11.5 Å². The van der Waals surface area contributed by atoms with Gasteiger partial charge in [0.05, 0.1) is 39.0 Å². The zero-order valence-corrected chi connectivity index (χ0v) is 18.0. The van der Waals surface area contributed by atoms with Crippen molar-refractivity contribution in [1.29, 1.82) is 0 Å². The highest BCUT2D eigenvalue weighted by atomic mass is 35.5. The molecule has 0 radical (unpaired) electrons. The van der Waals surface area contributed by atoms with E-state index in [4.69, 9.17) is 30.5 Å². The highest BCUT2D eigenvalue weighted by Crippen LogP contribution is 2.36. The van der Waals surface area contributed by atoms with Gasteiger partial charge in [-0.05, 0) is 55.8 Å². The van der Waals surface area contributed by atoms with E-state index in [2.05, 4.69) is 5.32 Å². The molecule has 1 atom stereocenters. The van der Waals surface area contributed by atoms with Crippen LogP contribution < -0.4 is 24.3 Å². The first-order valence-corrected chi connectivity index (χ1v) is 9.52. The highest BCUT2D eigenvalue weighted by molar-refractivity contribution is 6.32. The molecular formula is C22H26ClNO5. The largest absolute Gasteiger partial charge is 0.497 e. The molecule has 0 unspecified atom stereocenters. The maximum Gasteiger partial charge on any atom is 0.244 e. The second-order valence-corrected chi connectivity index (χ2v) is 6.55. The van der Waals surface area contributed by atoms with Gasteiger partial charge in [0.2, 0.25) is 5.91 Å². The van der Waals surface area contributed by atoms with Crippen LogP contribution in [-0.4, -0.2) is 33.8 Å². The molecular weight excluding hydrogens is 394 g/mol. The Labute approximate surface area is 176 Å². The summed E-state index contributed by atoms with van der Waals surface area (Å²) in [7, 11) is 4.72. The standard InChI is InChI=1S/C22H26ClNO5/c1-6-29-22-18(23)11-15(12-20(22)28-5)7-10-21(25)24-14(2)17-13-16(26-3)8-9-19(17)27-4/h7-14H,6H2,1-5H3,(H,24,25)/b10-7+/t14-/m1/s1. The Hall–Kier alpha value is -2.86. The monoisotopic (exact) mass is 419 g/mol. The number of halogens is 1. The molecule has 0 fully saturated rings. The molecule has 0 saturated heterocycles. The van der Waals surface area contributed by atoms with E-state index in [0.717, 1.165) is 11.1 Å². The van der Waals surface area contributed by atoms with Gasteiger partial charge in [0.25, 0.3) is 0 Å². The fourth-order valence-corrected chi connectivity index (χ4v) is 3.08. The summed E-state index contributed by atoms with van der Waals surface area (Å²) < 4.78 is 21.5. The van der Waals surface area contributed by atoms with Crippen LogP contribution >= 0.6 is 11.6 Å². The van der Waals surface area contributed by atoms with Crippen molar-refractivity contribution in [2.45, 2.75) is 19.9 Å². The second kappa shape index (κ2) is 10.6. The summed E-state index contributed by atoms with van der Waals surface area (Å²) in [5, 5.41) is 3.33. The van der Waals surface area contributed by atoms with Crippen molar-refractivity contribution in [3.8, 4) is 23.0 Å². The number of carbonyl (C=O) groups is 1. The lowest BCUT2D eigenvalue weighted by Crippen LogP contribution is -2.25. The van der Waals surface area contributed by atoms with Crippen LogP contribution in [0, 0.1) is 0 Å². The molecule has 6 nitrogen and oxygen atoms in total. The minimum absolute atomic E-state index is 0.258. The molecule has 1 amide bonds. The minimum Gasteiger partial charge on any atom is -0.497 e. The molecule has 0 heterocycles. The van der Waals surface area contributed by atoms with E-state index < -0.39 is 0 Å². The van der Waals surface area contributed by atoms with Crippen LogP contribution in [0.5, 0.6) is 23.0 Å². The van der Waals surface area contributed by atoms with Gasteiger partial charge in [-0.3, -0.25) is 4.79 Å². The van der Waals surface area contributed by atoms with Gasteiger partial charge in [-0.15, -0.1) is 0 Å². The van der Waals surface area contributed by atoms with Crippen LogP contribution in [0.3, 0.4) is 0 Å². The van der Waals surface area contributed by atoms with E-state index in [1.807, 2.05) is 19.9 Å². The van der Waals surface area contributed by atoms with Crippen molar-refractivity contribution in [1.82, 2.24) is 5.32 Å². The molecule has 0 aromatic heterocycles. The molecule has 156 valence electrons. The summed E-state index contributed by atoms with van der Waals surface area (Å²) >= 11 is 6.27. The van der Waals surface area contributed by atoms with Crippen molar-refractivity contribution >= 4 is 23.6 Å². The van der Waals surface area contributed by atoms with Crippen LogP contribution in [0.4, 0.5) is 0 Å². The number of nitrogens with one attached hydrogen (secondary N) is 1. The molecule has 0 aliphatic heterocycles. The fraction of sp³-hybridized carbons (Fsp3) is 0.318. The summed E-state index contributed by atoms with van der Waals surface area (Å²) in [4.78, 5) is 12.4. The average molecular weight is 420 g/mol. The Morgan fingerprint density at radius 2 is 1.83 bits per heavy atom. The van der Waals surface area contributed by atoms with E-state index in [0.29, 0.717) is 34.6 Å². The molecule has 7 heteroatoms. The van der Waals surface area contributed by atoms with Crippen molar-refractivity contribution in [3.05, 3.63) is 52.6 Å². The van der Waals surface area contributed by atoms with Gasteiger partial charge < -0.3 is 24.3 Å². The van der Waals surface area contributed by atoms with Gasteiger partial charge in [-0.2, -0.15) is 0 Å². The maximum absolute atomic E-state index is 12.4. The molecule has 0 bridgehead atoms. The average Bonchev–Trinajstić information content (AvgIpc) is 2.73. The van der Waals surface area contributed by atoms with E-state index in [-0.39, 0.29) is 11.9 Å². The summed E-state index contributed by atoms with van der Waals surface area (Å²) in [6, 6.07) is 8.64. The Kier molecular flexibility index (Phi) is 8.21. The summed E-state index contributed by atoms with van der Waals surface area (Å²) in [5.41, 5.74) is 1.54. The Bertz CT molecular complexity index is 882. The maximum atomic E-state index is 12.4. The van der Waals surface area contributed by atoms with Crippen LogP contribution in [-0.2, 0) is 4.79 Å². The zero-order valence-electron chi connectivity index (χ0n) is 17.2. The van der Waals surface area contributed by atoms with Crippen molar-refractivity contribution in [2.75, 3.05) is 27.9 Å². The fourth-order valence-electron chi connectivity index (χ4n) is 2.81. The van der Waals surface area contributed by atoms with E-state index in [1.54, 1.807) is 44.6 Å². The lowest BCUT2D eigenvalue weighted by molar-refractivity contribution is -0.117. The molecule has 2 aromatic carbocycles. The third-order valence-electron chi connectivity index (χ3n) is 4.23. The quantitative estimate of drug-likeness (QED) is 0.599. The van der Waals surface area contributed by atoms with Gasteiger partial charge >= 0.3 is 0 Å². The van der Waals surface area contributed by atoms with Crippen molar-refractivity contribution in [3.63, 3.8) is 0 Å². The minimum atomic E-state index is -0.282. The predicted octanol–water partition coefficient (Wildman–Crippen LogP) is 4.66. The third kappa shape index (κ3) is 5.81. The molecule has 29 heavy (non-hydrogen) atoms. The number of hydrogen-bond donors (Lipinski definition) is 1. The predicted molar refractivity (Wildman–Crippen MR) is 114 cm³/mol. The molecule has 2 rings (SSSR count). The summed E-state index contributed by atoms with van der Waals surface area (Å²) in [5.74, 6) is 2.09. The number of rotatable bonds is 9. The second-order valence-electron chi connectivity index (χ2n) is 6.14. The Morgan fingerprint density at radius 3 is 2.45 bits per heavy atom. The lowest BCUT2D eigenvalue weighted by Gasteiger charge is -2.17. The first-order valence-electron chi connectivity index (χ1n) is 9.14. The van der Waals surface area contributed by atoms with Crippen molar-refractivity contribution < 1.29 is 23.7 Å².